The maximum Gasteiger partial charge on any atom is 0.191 e. The van der Waals surface area contributed by atoms with Gasteiger partial charge in [-0.1, -0.05) is 30.3 Å². The van der Waals surface area contributed by atoms with Gasteiger partial charge in [0.15, 0.2) is 5.96 Å². The molecule has 0 aliphatic rings. The summed E-state index contributed by atoms with van der Waals surface area (Å²) >= 11 is 1.67. The number of hydrogen-bond donors (Lipinski definition) is 2. The van der Waals surface area contributed by atoms with Crippen LogP contribution in [0, 0.1) is 6.92 Å². The lowest BCUT2D eigenvalue weighted by molar-refractivity contribution is 0.680. The van der Waals surface area contributed by atoms with Crippen molar-refractivity contribution in [2.75, 3.05) is 19.3 Å². The fraction of sp³-hybridized carbons (Fsp3) is 0.375. The molecule has 0 saturated heterocycles. The molecule has 0 aliphatic carbocycles. The van der Waals surface area contributed by atoms with Crippen LogP contribution < -0.4 is 10.6 Å². The summed E-state index contributed by atoms with van der Waals surface area (Å²) in [7, 11) is 0.844. The number of thiazole rings is 1. The van der Waals surface area contributed by atoms with E-state index in [0.717, 1.165) is 10.6 Å². The summed E-state index contributed by atoms with van der Waals surface area (Å²) in [5, 5.41) is 7.42. The van der Waals surface area contributed by atoms with Crippen molar-refractivity contribution >= 4 is 28.1 Å². The second-order valence-corrected chi connectivity index (χ2v) is 7.89. The zero-order valence-corrected chi connectivity index (χ0v) is 15.0. The molecule has 7 heteroatoms. The quantitative estimate of drug-likeness (QED) is 0.593. The minimum Gasteiger partial charge on any atom is -0.355 e. The summed E-state index contributed by atoms with van der Waals surface area (Å²) in [6.45, 7) is 3.30. The van der Waals surface area contributed by atoms with Gasteiger partial charge in [0.05, 0.1) is 6.54 Å². The number of nitrogens with one attached hydrogen (secondary N) is 2. The fourth-order valence-electron chi connectivity index (χ4n) is 1.98. The molecule has 124 valence electrons. The van der Waals surface area contributed by atoms with Gasteiger partial charge < -0.3 is 10.6 Å². The first-order valence-electron chi connectivity index (χ1n) is 7.42. The molecule has 1 heterocycles. The zero-order valence-electron chi connectivity index (χ0n) is 13.4. The summed E-state index contributed by atoms with van der Waals surface area (Å²) in [6, 6.07) is 9.91. The largest absolute Gasteiger partial charge is 0.355 e. The van der Waals surface area contributed by atoms with Crippen molar-refractivity contribution in [2.45, 2.75) is 19.2 Å². The van der Waals surface area contributed by atoms with Crippen LogP contribution in [-0.2, 0) is 23.1 Å². The van der Waals surface area contributed by atoms with Gasteiger partial charge in [-0.25, -0.2) is 4.98 Å². The number of nitrogens with zero attached hydrogens (tertiary/aromatic N) is 2. The van der Waals surface area contributed by atoms with E-state index in [4.69, 9.17) is 0 Å². The topological polar surface area (TPSA) is 66.4 Å². The number of guanidine groups is 1. The summed E-state index contributed by atoms with van der Waals surface area (Å²) in [5.41, 5.74) is 1.10. The Morgan fingerprint density at radius 2 is 2.09 bits per heavy atom. The highest BCUT2D eigenvalue weighted by Crippen LogP contribution is 2.10. The Morgan fingerprint density at radius 3 is 2.74 bits per heavy atom. The highest BCUT2D eigenvalue weighted by atomic mass is 32.2. The maximum atomic E-state index is 12.1. The molecule has 0 fully saturated rings. The van der Waals surface area contributed by atoms with Crippen LogP contribution in [0.5, 0.6) is 0 Å². The molecule has 2 rings (SSSR count). The molecule has 1 aromatic carbocycles. The molecule has 23 heavy (non-hydrogen) atoms. The molecule has 0 radical (unpaired) electrons. The highest BCUT2D eigenvalue weighted by molar-refractivity contribution is 7.84. The van der Waals surface area contributed by atoms with Gasteiger partial charge in [-0.15, -0.1) is 11.3 Å². The fourth-order valence-corrected chi connectivity index (χ4v) is 3.74. The normalized spacial score (nSPS) is 12.9. The molecule has 1 aromatic heterocycles. The van der Waals surface area contributed by atoms with E-state index in [9.17, 15) is 4.21 Å². The molecule has 5 nitrogen and oxygen atoms in total. The molecule has 1 atom stereocenters. The van der Waals surface area contributed by atoms with Crippen LogP contribution in [0.1, 0.15) is 15.4 Å². The van der Waals surface area contributed by atoms with Gasteiger partial charge in [0, 0.05) is 47.0 Å². The molecule has 2 N–H and O–H groups in total. The Kier molecular flexibility index (Phi) is 7.22. The van der Waals surface area contributed by atoms with E-state index in [1.54, 1.807) is 18.4 Å². The molecule has 0 bridgehead atoms. The standard InChI is InChI=1S/C16H22N4OS2/c1-13-10-19-15(22-13)11-20-16(17-2)18-8-9-23(21)12-14-6-4-3-5-7-14/h3-7,10H,8-9,11-12H2,1-2H3,(H2,17,18,20). The van der Waals surface area contributed by atoms with Crippen LogP contribution in [0.15, 0.2) is 41.5 Å². The first kappa shape index (κ1) is 17.6. The molecule has 0 saturated carbocycles. The van der Waals surface area contributed by atoms with E-state index in [1.807, 2.05) is 43.5 Å². The van der Waals surface area contributed by atoms with Crippen molar-refractivity contribution in [3.63, 3.8) is 0 Å². The zero-order chi connectivity index (χ0) is 16.5. The lowest BCUT2D eigenvalue weighted by Crippen LogP contribution is -2.38. The smallest absolute Gasteiger partial charge is 0.191 e. The molecular formula is C16H22N4OS2. The highest BCUT2D eigenvalue weighted by Gasteiger charge is 2.04. The number of aryl methyl sites for hydroxylation is 1. The number of benzene rings is 1. The second-order valence-electron chi connectivity index (χ2n) is 4.99. The first-order chi connectivity index (χ1) is 11.2. The predicted octanol–water partition coefficient (Wildman–Crippen LogP) is 2.07. The molecule has 2 aromatic rings. The van der Waals surface area contributed by atoms with Gasteiger partial charge in [-0.2, -0.15) is 0 Å². The second kappa shape index (κ2) is 9.42. The summed E-state index contributed by atoms with van der Waals surface area (Å²) in [5.74, 6) is 1.88. The molecule has 0 aliphatic heterocycles. The van der Waals surface area contributed by atoms with Crippen LogP contribution in [-0.4, -0.2) is 34.5 Å². The van der Waals surface area contributed by atoms with Crippen LogP contribution in [0.4, 0.5) is 0 Å². The van der Waals surface area contributed by atoms with E-state index >= 15 is 0 Å². The summed E-state index contributed by atoms with van der Waals surface area (Å²) in [6.07, 6.45) is 1.87. The van der Waals surface area contributed by atoms with E-state index < -0.39 is 10.8 Å². The van der Waals surface area contributed by atoms with Crippen molar-refractivity contribution in [2.24, 2.45) is 4.99 Å². The van der Waals surface area contributed by atoms with E-state index in [-0.39, 0.29) is 0 Å². The Balaban J connectivity index is 1.68. The number of rotatable bonds is 7. The third kappa shape index (κ3) is 6.50. The Labute approximate surface area is 143 Å². The molecule has 0 amide bonds. The van der Waals surface area contributed by atoms with Crippen molar-refractivity contribution < 1.29 is 4.21 Å². The van der Waals surface area contributed by atoms with Crippen LogP contribution in [0.25, 0.3) is 0 Å². The van der Waals surface area contributed by atoms with Gasteiger partial charge in [0.1, 0.15) is 5.01 Å². The first-order valence-corrected chi connectivity index (χ1v) is 9.72. The van der Waals surface area contributed by atoms with Crippen LogP contribution >= 0.6 is 11.3 Å². The minimum atomic E-state index is -0.882. The van der Waals surface area contributed by atoms with Gasteiger partial charge in [-0.3, -0.25) is 9.20 Å². The SMILES string of the molecule is CN=C(NCCS(=O)Cc1ccccc1)NCc1ncc(C)s1. The number of aromatic nitrogens is 1. The maximum absolute atomic E-state index is 12.1. The van der Waals surface area contributed by atoms with E-state index in [1.165, 1.54) is 4.88 Å². The van der Waals surface area contributed by atoms with Crippen molar-refractivity contribution in [1.29, 1.82) is 0 Å². The van der Waals surface area contributed by atoms with Gasteiger partial charge in [0.25, 0.3) is 0 Å². The van der Waals surface area contributed by atoms with Crippen LogP contribution in [0.2, 0.25) is 0 Å². The monoisotopic (exact) mass is 350 g/mol. The molecule has 0 spiro atoms. The predicted molar refractivity (Wildman–Crippen MR) is 98.2 cm³/mol. The Hall–Kier alpha value is -1.73. The minimum absolute atomic E-state index is 0.589. The van der Waals surface area contributed by atoms with E-state index in [0.29, 0.717) is 30.6 Å². The Bertz CT molecular complexity index is 655. The lowest BCUT2D eigenvalue weighted by Gasteiger charge is -2.10. The summed E-state index contributed by atoms with van der Waals surface area (Å²) in [4.78, 5) is 9.66. The average molecular weight is 351 g/mol. The van der Waals surface area contributed by atoms with Crippen molar-refractivity contribution in [3.8, 4) is 0 Å². The molecule has 1 unspecified atom stereocenters. The van der Waals surface area contributed by atoms with Crippen molar-refractivity contribution in [1.82, 2.24) is 15.6 Å². The van der Waals surface area contributed by atoms with Gasteiger partial charge in [0.2, 0.25) is 0 Å². The lowest BCUT2D eigenvalue weighted by atomic mass is 10.2. The number of hydrogen-bond acceptors (Lipinski definition) is 4. The van der Waals surface area contributed by atoms with Crippen LogP contribution in [0.3, 0.4) is 0 Å². The third-order valence-corrected chi connectivity index (χ3v) is 5.32. The Morgan fingerprint density at radius 1 is 1.30 bits per heavy atom. The third-order valence-electron chi connectivity index (χ3n) is 3.09. The van der Waals surface area contributed by atoms with Crippen molar-refractivity contribution in [3.05, 3.63) is 52.0 Å². The average Bonchev–Trinajstić information content (AvgIpc) is 2.97. The van der Waals surface area contributed by atoms with Gasteiger partial charge in [-0.05, 0) is 12.5 Å². The van der Waals surface area contributed by atoms with E-state index in [2.05, 4.69) is 20.6 Å². The molecular weight excluding hydrogens is 328 g/mol. The number of aliphatic imine (C=N–C) groups is 1. The summed E-state index contributed by atoms with van der Waals surface area (Å²) < 4.78 is 12.1. The van der Waals surface area contributed by atoms with Gasteiger partial charge >= 0.3 is 0 Å².